The number of nitrogens with one attached hydrogen (secondary N) is 1. The van der Waals surface area contributed by atoms with Crippen LogP contribution < -0.4 is 5.32 Å². The molecule has 0 aliphatic heterocycles. The number of allylic oxidation sites excluding steroid dienone is 2. The molecule has 0 saturated carbocycles. The van der Waals surface area contributed by atoms with Gasteiger partial charge in [-0.15, -0.1) is 0 Å². The van der Waals surface area contributed by atoms with Crippen LogP contribution in [0.15, 0.2) is 11.6 Å². The predicted octanol–water partition coefficient (Wildman–Crippen LogP) is 2.68. The first-order valence-corrected chi connectivity index (χ1v) is 7.90. The van der Waals surface area contributed by atoms with Gasteiger partial charge < -0.3 is 10.4 Å². The molecule has 100 valence electrons. The minimum absolute atomic E-state index is 0.259. The first kappa shape index (κ1) is 15.1. The molecule has 4 unspecified atom stereocenters. The van der Waals surface area contributed by atoms with Gasteiger partial charge in [0.1, 0.15) is 0 Å². The summed E-state index contributed by atoms with van der Waals surface area (Å²) in [6, 6.07) is 0.386. The molecular weight excluding hydrogens is 230 g/mol. The lowest BCUT2D eigenvalue weighted by molar-refractivity contribution is 0.269. The molecule has 17 heavy (non-hydrogen) atoms. The van der Waals surface area contributed by atoms with Gasteiger partial charge in [0.05, 0.1) is 6.61 Å². The number of thioether (sulfide) groups is 1. The van der Waals surface area contributed by atoms with Crippen molar-refractivity contribution in [3.05, 3.63) is 11.6 Å². The van der Waals surface area contributed by atoms with Gasteiger partial charge in [-0.25, -0.2) is 0 Å². The fraction of sp³-hybridized carbons (Fsp3) is 0.857. The lowest BCUT2D eigenvalue weighted by atomic mass is 9.83. The molecule has 0 fully saturated rings. The molecule has 1 aliphatic carbocycles. The third-order valence-corrected chi connectivity index (χ3v) is 4.82. The second-order valence-electron chi connectivity index (χ2n) is 5.45. The highest BCUT2D eigenvalue weighted by molar-refractivity contribution is 7.99. The third-order valence-electron chi connectivity index (χ3n) is 3.65. The van der Waals surface area contributed by atoms with Crippen molar-refractivity contribution in [1.82, 2.24) is 5.32 Å². The van der Waals surface area contributed by atoms with Crippen LogP contribution in [0.5, 0.6) is 0 Å². The highest BCUT2D eigenvalue weighted by Crippen LogP contribution is 2.27. The van der Waals surface area contributed by atoms with Gasteiger partial charge in [-0.3, -0.25) is 0 Å². The number of rotatable bonds is 6. The SMILES string of the molecule is CSC(CO)C(C)NCC1CC(C)=CC(C)C1. The Morgan fingerprint density at radius 2 is 2.29 bits per heavy atom. The van der Waals surface area contributed by atoms with Crippen LogP contribution in [0.2, 0.25) is 0 Å². The fourth-order valence-corrected chi connectivity index (χ4v) is 3.42. The quantitative estimate of drug-likeness (QED) is 0.718. The van der Waals surface area contributed by atoms with E-state index in [1.54, 1.807) is 11.8 Å². The average molecular weight is 257 g/mol. The molecule has 0 spiro atoms. The molecule has 0 bridgehead atoms. The Bertz CT molecular complexity index is 251. The Labute approximate surface area is 110 Å². The lowest BCUT2D eigenvalue weighted by Crippen LogP contribution is -2.40. The molecule has 2 nitrogen and oxygen atoms in total. The van der Waals surface area contributed by atoms with E-state index in [4.69, 9.17) is 0 Å². The average Bonchev–Trinajstić information content (AvgIpc) is 2.27. The highest BCUT2D eigenvalue weighted by atomic mass is 32.2. The first-order valence-electron chi connectivity index (χ1n) is 6.61. The summed E-state index contributed by atoms with van der Waals surface area (Å²) >= 11 is 1.74. The van der Waals surface area contributed by atoms with Gasteiger partial charge in [-0.1, -0.05) is 18.6 Å². The lowest BCUT2D eigenvalue weighted by Gasteiger charge is -2.28. The number of aliphatic hydroxyl groups excluding tert-OH is 1. The van der Waals surface area contributed by atoms with E-state index in [-0.39, 0.29) is 6.61 Å². The standard InChI is InChI=1S/C14H27NOS/c1-10-5-11(2)7-13(6-10)8-15-12(3)14(9-16)17-4/h5,10,12-16H,6-9H2,1-4H3. The van der Waals surface area contributed by atoms with E-state index in [9.17, 15) is 5.11 Å². The Kier molecular flexibility index (Phi) is 6.60. The Balaban J connectivity index is 2.33. The summed E-state index contributed by atoms with van der Waals surface area (Å²) in [5.41, 5.74) is 1.53. The Morgan fingerprint density at radius 1 is 1.59 bits per heavy atom. The number of aliphatic hydroxyl groups is 1. The molecule has 1 rings (SSSR count). The Morgan fingerprint density at radius 3 is 2.82 bits per heavy atom. The summed E-state index contributed by atoms with van der Waals surface area (Å²) in [5.74, 6) is 1.48. The molecule has 1 aliphatic rings. The van der Waals surface area contributed by atoms with Crippen LogP contribution >= 0.6 is 11.8 Å². The van der Waals surface area contributed by atoms with Gasteiger partial charge in [0.15, 0.2) is 0 Å². The molecule has 0 aromatic carbocycles. The molecule has 4 atom stereocenters. The van der Waals surface area contributed by atoms with Crippen molar-refractivity contribution < 1.29 is 5.11 Å². The fourth-order valence-electron chi connectivity index (χ4n) is 2.76. The molecule has 0 heterocycles. The molecule has 0 amide bonds. The van der Waals surface area contributed by atoms with Gasteiger partial charge in [0.25, 0.3) is 0 Å². The zero-order valence-corrected chi connectivity index (χ0v) is 12.4. The van der Waals surface area contributed by atoms with Gasteiger partial charge in [0, 0.05) is 11.3 Å². The highest BCUT2D eigenvalue weighted by Gasteiger charge is 2.20. The van der Waals surface area contributed by atoms with E-state index in [1.807, 2.05) is 0 Å². The summed E-state index contributed by atoms with van der Waals surface area (Å²) < 4.78 is 0. The normalized spacial score (nSPS) is 28.6. The van der Waals surface area contributed by atoms with E-state index in [0.29, 0.717) is 11.3 Å². The molecular formula is C14H27NOS. The third kappa shape index (κ3) is 5.02. The maximum atomic E-state index is 9.25. The van der Waals surface area contributed by atoms with Crippen LogP contribution in [0.4, 0.5) is 0 Å². The van der Waals surface area contributed by atoms with E-state index >= 15 is 0 Å². The second-order valence-corrected chi connectivity index (χ2v) is 6.53. The smallest absolute Gasteiger partial charge is 0.0564 e. The van der Waals surface area contributed by atoms with Crippen LogP contribution in [-0.2, 0) is 0 Å². The first-order chi connectivity index (χ1) is 8.06. The van der Waals surface area contributed by atoms with E-state index < -0.39 is 0 Å². The maximum Gasteiger partial charge on any atom is 0.0564 e. The summed E-state index contributed by atoms with van der Waals surface area (Å²) in [7, 11) is 0. The van der Waals surface area contributed by atoms with Crippen LogP contribution in [-0.4, -0.2) is 35.8 Å². The van der Waals surface area contributed by atoms with Crippen LogP contribution in [0, 0.1) is 11.8 Å². The van der Waals surface area contributed by atoms with E-state index in [2.05, 4.69) is 38.4 Å². The van der Waals surface area contributed by atoms with Gasteiger partial charge in [-0.2, -0.15) is 11.8 Å². The maximum absolute atomic E-state index is 9.25. The second kappa shape index (κ2) is 7.45. The van der Waals surface area contributed by atoms with Crippen molar-refractivity contribution in [2.45, 2.75) is 44.9 Å². The van der Waals surface area contributed by atoms with Crippen LogP contribution in [0.1, 0.15) is 33.6 Å². The Hall–Kier alpha value is 0.0100. The van der Waals surface area contributed by atoms with Gasteiger partial charge >= 0.3 is 0 Å². The van der Waals surface area contributed by atoms with E-state index in [1.165, 1.54) is 18.4 Å². The molecule has 0 saturated heterocycles. The number of hydrogen-bond donors (Lipinski definition) is 2. The van der Waals surface area contributed by atoms with Crippen molar-refractivity contribution >= 4 is 11.8 Å². The summed E-state index contributed by atoms with van der Waals surface area (Å²) in [6.07, 6.45) is 6.99. The van der Waals surface area contributed by atoms with Crippen LogP contribution in [0.25, 0.3) is 0 Å². The van der Waals surface area contributed by atoms with Gasteiger partial charge in [0.2, 0.25) is 0 Å². The summed E-state index contributed by atoms with van der Waals surface area (Å²) in [4.78, 5) is 0. The van der Waals surface area contributed by atoms with E-state index in [0.717, 1.165) is 18.4 Å². The zero-order valence-electron chi connectivity index (χ0n) is 11.6. The molecule has 2 N–H and O–H groups in total. The van der Waals surface area contributed by atoms with Crippen molar-refractivity contribution in [2.75, 3.05) is 19.4 Å². The predicted molar refractivity (Wildman–Crippen MR) is 77.5 cm³/mol. The minimum Gasteiger partial charge on any atom is -0.395 e. The van der Waals surface area contributed by atoms with Crippen molar-refractivity contribution in [3.8, 4) is 0 Å². The zero-order chi connectivity index (χ0) is 12.8. The van der Waals surface area contributed by atoms with Crippen LogP contribution in [0.3, 0.4) is 0 Å². The van der Waals surface area contributed by atoms with Crippen molar-refractivity contribution in [2.24, 2.45) is 11.8 Å². The monoisotopic (exact) mass is 257 g/mol. The van der Waals surface area contributed by atoms with Crippen molar-refractivity contribution in [3.63, 3.8) is 0 Å². The van der Waals surface area contributed by atoms with Crippen molar-refractivity contribution in [1.29, 1.82) is 0 Å². The number of hydrogen-bond acceptors (Lipinski definition) is 3. The molecule has 0 aromatic heterocycles. The largest absolute Gasteiger partial charge is 0.395 e. The topological polar surface area (TPSA) is 32.3 Å². The molecule has 3 heteroatoms. The van der Waals surface area contributed by atoms with Gasteiger partial charge in [-0.05, 0) is 51.3 Å². The minimum atomic E-state index is 0.259. The summed E-state index contributed by atoms with van der Waals surface area (Å²) in [5, 5.41) is 13.1. The molecule has 0 aromatic rings. The molecule has 0 radical (unpaired) electrons. The summed E-state index contributed by atoms with van der Waals surface area (Å²) in [6.45, 7) is 8.05.